The van der Waals surface area contributed by atoms with Gasteiger partial charge in [0.1, 0.15) is 0 Å². The number of nitrogens with zero attached hydrogens (tertiary/aromatic N) is 1. The average molecular weight is 412 g/mol. The van der Waals surface area contributed by atoms with E-state index in [4.69, 9.17) is 0 Å². The molecular formula is C27H62BN. The predicted octanol–water partition coefficient (Wildman–Crippen LogP) is 9.69. The third-order valence-corrected chi connectivity index (χ3v) is 7.16. The molecule has 0 saturated heterocycles. The lowest BCUT2D eigenvalue weighted by Gasteiger charge is -2.39. The number of rotatable bonds is 19. The molecule has 0 aliphatic heterocycles. The standard InChI is InChI=1S/C15H34B.C12H28N/c1-5-9-10-11-15-16(12-6-2,13-7-3)14-8-4;1-5-9-13(10-6-2,11-7-3)12-8-4/h5-15H2,1-4H3;5-12H2,1-4H3/q-1;+1. The van der Waals surface area contributed by atoms with Gasteiger partial charge in [-0.05, 0) is 25.7 Å². The van der Waals surface area contributed by atoms with Crippen molar-refractivity contribution in [2.45, 2.75) is 151 Å². The monoisotopic (exact) mass is 411 g/mol. The summed E-state index contributed by atoms with van der Waals surface area (Å²) in [5.41, 5.74) is 0. The van der Waals surface area contributed by atoms with Gasteiger partial charge in [-0.25, -0.2) is 0 Å². The quantitative estimate of drug-likeness (QED) is 0.113. The van der Waals surface area contributed by atoms with Crippen molar-refractivity contribution < 1.29 is 4.48 Å². The van der Waals surface area contributed by atoms with Gasteiger partial charge in [0.15, 0.2) is 0 Å². The van der Waals surface area contributed by atoms with E-state index in [1.54, 1.807) is 6.32 Å². The number of quaternary nitrogens is 1. The van der Waals surface area contributed by atoms with Crippen LogP contribution in [0.5, 0.6) is 0 Å². The first-order chi connectivity index (χ1) is 14.0. The fourth-order valence-electron chi connectivity index (χ4n) is 6.28. The van der Waals surface area contributed by atoms with E-state index >= 15 is 0 Å². The topological polar surface area (TPSA) is 0 Å². The smallest absolute Gasteiger partial charge is 0.0783 e. The maximum absolute atomic E-state index is 2.37. The van der Waals surface area contributed by atoms with Crippen LogP contribution in [0.2, 0.25) is 25.3 Å². The van der Waals surface area contributed by atoms with Crippen LogP contribution in [0.3, 0.4) is 0 Å². The normalized spacial score (nSPS) is 12.0. The fraction of sp³-hybridized carbons (Fsp3) is 1.00. The largest absolute Gasteiger partial charge is 0.324 e. The summed E-state index contributed by atoms with van der Waals surface area (Å²) in [6, 6.07) is 0. The van der Waals surface area contributed by atoms with Gasteiger partial charge in [-0.3, -0.25) is 0 Å². The Kier molecular flexibility index (Phi) is 22.9. The number of hydrogen-bond acceptors (Lipinski definition) is 0. The van der Waals surface area contributed by atoms with Crippen molar-refractivity contribution in [2.24, 2.45) is 0 Å². The van der Waals surface area contributed by atoms with Gasteiger partial charge in [0.25, 0.3) is 0 Å². The average Bonchev–Trinajstić information content (AvgIpc) is 2.67. The summed E-state index contributed by atoms with van der Waals surface area (Å²) in [7, 11) is 0. The summed E-state index contributed by atoms with van der Waals surface area (Å²) in [6.45, 7) is 24.2. The second-order valence-corrected chi connectivity index (χ2v) is 10.2. The van der Waals surface area contributed by atoms with Crippen LogP contribution >= 0.6 is 0 Å². The molecule has 0 aromatic carbocycles. The molecule has 0 aromatic rings. The molecular weight excluding hydrogens is 349 g/mol. The van der Waals surface area contributed by atoms with E-state index in [1.165, 1.54) is 120 Å². The van der Waals surface area contributed by atoms with Gasteiger partial charge in [-0.2, -0.15) is 25.3 Å². The molecule has 0 fully saturated rings. The Balaban J connectivity index is 0. The third kappa shape index (κ3) is 15.5. The summed E-state index contributed by atoms with van der Waals surface area (Å²) in [5, 5.41) is 0. The second-order valence-electron chi connectivity index (χ2n) is 10.2. The minimum atomic E-state index is 0.00473. The van der Waals surface area contributed by atoms with Gasteiger partial charge >= 0.3 is 0 Å². The molecule has 0 radical (unpaired) electrons. The van der Waals surface area contributed by atoms with Crippen molar-refractivity contribution in [1.82, 2.24) is 0 Å². The Labute approximate surface area is 188 Å². The predicted molar refractivity (Wildman–Crippen MR) is 141 cm³/mol. The summed E-state index contributed by atoms with van der Waals surface area (Å²) < 4.78 is 1.38. The van der Waals surface area contributed by atoms with Crippen LogP contribution in [0.15, 0.2) is 0 Å². The van der Waals surface area contributed by atoms with Crippen LogP contribution in [0, 0.1) is 0 Å². The molecule has 29 heavy (non-hydrogen) atoms. The highest BCUT2D eigenvalue weighted by atomic mass is 15.3. The minimum absolute atomic E-state index is 0.00473. The highest BCUT2D eigenvalue weighted by molar-refractivity contribution is 6.79. The van der Waals surface area contributed by atoms with Gasteiger partial charge < -0.3 is 4.48 Å². The van der Waals surface area contributed by atoms with E-state index in [1.807, 2.05) is 0 Å². The Morgan fingerprint density at radius 3 is 1.03 bits per heavy atom. The lowest BCUT2D eigenvalue weighted by molar-refractivity contribution is -0.928. The Hall–Kier alpha value is 0.0249. The molecule has 0 saturated carbocycles. The number of hydrogen-bond donors (Lipinski definition) is 0. The van der Waals surface area contributed by atoms with Crippen LogP contribution in [0.4, 0.5) is 0 Å². The summed E-state index contributed by atoms with van der Waals surface area (Å²) in [6.07, 6.45) is 21.4. The second kappa shape index (κ2) is 21.3. The molecule has 0 aliphatic rings. The zero-order valence-corrected chi connectivity index (χ0v) is 22.5. The molecule has 0 bridgehead atoms. The molecule has 0 unspecified atom stereocenters. The molecule has 0 amide bonds. The third-order valence-electron chi connectivity index (χ3n) is 7.16. The van der Waals surface area contributed by atoms with Gasteiger partial charge in [-0.1, -0.05) is 100 Å². The molecule has 0 rings (SSSR count). The minimum Gasteiger partial charge on any atom is -0.324 e. The lowest BCUT2D eigenvalue weighted by atomic mass is 9.17. The first-order valence-electron chi connectivity index (χ1n) is 14.1. The zero-order valence-electron chi connectivity index (χ0n) is 22.5. The molecule has 0 N–H and O–H groups in total. The molecule has 0 heterocycles. The molecule has 2 heteroatoms. The summed E-state index contributed by atoms with van der Waals surface area (Å²) >= 11 is 0. The van der Waals surface area contributed by atoms with Crippen LogP contribution < -0.4 is 0 Å². The molecule has 178 valence electrons. The van der Waals surface area contributed by atoms with E-state index in [0.717, 1.165) is 0 Å². The Bertz CT molecular complexity index is 269. The van der Waals surface area contributed by atoms with Gasteiger partial charge in [0.05, 0.1) is 26.2 Å². The van der Waals surface area contributed by atoms with Gasteiger partial charge in [-0.15, -0.1) is 0 Å². The highest BCUT2D eigenvalue weighted by Gasteiger charge is 2.23. The number of unbranched alkanes of at least 4 members (excludes halogenated alkanes) is 3. The molecule has 0 spiro atoms. The van der Waals surface area contributed by atoms with Crippen LogP contribution in [-0.4, -0.2) is 36.8 Å². The van der Waals surface area contributed by atoms with Crippen molar-refractivity contribution >= 4 is 6.15 Å². The van der Waals surface area contributed by atoms with Crippen molar-refractivity contribution in [3.05, 3.63) is 0 Å². The van der Waals surface area contributed by atoms with E-state index in [2.05, 4.69) is 55.4 Å². The lowest BCUT2D eigenvalue weighted by Crippen LogP contribution is -2.50. The SMILES string of the molecule is CCCCCC[B-](CCC)(CCC)CCC.CCC[N+](CCC)(CCC)CCC. The Morgan fingerprint density at radius 2 is 0.759 bits per heavy atom. The Morgan fingerprint density at radius 1 is 0.379 bits per heavy atom. The van der Waals surface area contributed by atoms with E-state index in [9.17, 15) is 0 Å². The van der Waals surface area contributed by atoms with Crippen molar-refractivity contribution in [2.75, 3.05) is 26.2 Å². The van der Waals surface area contributed by atoms with E-state index in [-0.39, 0.29) is 6.15 Å². The summed E-state index contributed by atoms with van der Waals surface area (Å²) in [5.74, 6) is 0. The van der Waals surface area contributed by atoms with Crippen LogP contribution in [0.25, 0.3) is 0 Å². The van der Waals surface area contributed by atoms with Crippen LogP contribution in [-0.2, 0) is 0 Å². The van der Waals surface area contributed by atoms with Gasteiger partial charge in [0, 0.05) is 6.15 Å². The molecule has 0 atom stereocenters. The van der Waals surface area contributed by atoms with E-state index in [0.29, 0.717) is 0 Å². The molecule has 0 aromatic heterocycles. The zero-order chi connectivity index (χ0) is 22.4. The van der Waals surface area contributed by atoms with Gasteiger partial charge in [0.2, 0.25) is 0 Å². The fourth-order valence-corrected chi connectivity index (χ4v) is 6.28. The summed E-state index contributed by atoms with van der Waals surface area (Å²) in [4.78, 5) is 0. The van der Waals surface area contributed by atoms with Crippen molar-refractivity contribution in [3.8, 4) is 0 Å². The maximum Gasteiger partial charge on any atom is 0.0783 e. The molecule has 1 nitrogen and oxygen atoms in total. The first kappa shape index (κ1) is 31.2. The molecule has 0 aliphatic carbocycles. The van der Waals surface area contributed by atoms with Crippen molar-refractivity contribution in [3.63, 3.8) is 0 Å². The first-order valence-corrected chi connectivity index (χ1v) is 14.1. The van der Waals surface area contributed by atoms with Crippen LogP contribution in [0.1, 0.15) is 126 Å². The van der Waals surface area contributed by atoms with E-state index < -0.39 is 0 Å². The highest BCUT2D eigenvalue weighted by Crippen LogP contribution is 2.32. The maximum atomic E-state index is 2.37. The van der Waals surface area contributed by atoms with Crippen molar-refractivity contribution in [1.29, 1.82) is 0 Å².